The van der Waals surface area contributed by atoms with Crippen LogP contribution in [0.1, 0.15) is 18.1 Å². The molecular weight excluding hydrogens is 236 g/mol. The first-order valence-electron chi connectivity index (χ1n) is 6.75. The van der Waals surface area contributed by atoms with Crippen molar-refractivity contribution in [2.75, 3.05) is 17.2 Å². The Morgan fingerprint density at radius 3 is 2.58 bits per heavy atom. The first-order chi connectivity index (χ1) is 9.35. The summed E-state index contributed by atoms with van der Waals surface area (Å²) >= 11 is 0. The lowest BCUT2D eigenvalue weighted by Crippen LogP contribution is -2.20. The summed E-state index contributed by atoms with van der Waals surface area (Å²) in [7, 11) is 0. The molecule has 0 amide bonds. The number of hydrogen-bond donors (Lipinski definition) is 2. The van der Waals surface area contributed by atoms with Gasteiger partial charge in [-0.3, -0.25) is 0 Å². The Balaban J connectivity index is 1.69. The maximum atomic E-state index is 4.46. The predicted octanol–water partition coefficient (Wildman–Crippen LogP) is 2.49. The molecule has 2 N–H and O–H groups in total. The van der Waals surface area contributed by atoms with Crippen molar-refractivity contribution in [3.63, 3.8) is 0 Å². The van der Waals surface area contributed by atoms with Crippen molar-refractivity contribution in [2.45, 2.75) is 25.8 Å². The van der Waals surface area contributed by atoms with E-state index in [1.165, 1.54) is 11.1 Å². The van der Waals surface area contributed by atoms with E-state index < -0.39 is 0 Å². The minimum atomic E-state index is 0.432. The van der Waals surface area contributed by atoms with Crippen molar-refractivity contribution in [3.8, 4) is 0 Å². The molecule has 4 nitrogen and oxygen atoms in total. The molecule has 98 valence electrons. The summed E-state index contributed by atoms with van der Waals surface area (Å²) in [4.78, 5) is 8.64. The van der Waals surface area contributed by atoms with Crippen molar-refractivity contribution < 1.29 is 0 Å². The minimum absolute atomic E-state index is 0.432. The molecule has 3 rings (SSSR count). The third-order valence-corrected chi connectivity index (χ3v) is 3.39. The minimum Gasteiger partial charge on any atom is -0.367 e. The maximum absolute atomic E-state index is 4.46. The quantitative estimate of drug-likeness (QED) is 0.880. The molecule has 0 aliphatic heterocycles. The van der Waals surface area contributed by atoms with Crippen LogP contribution in [0.2, 0.25) is 0 Å². The highest BCUT2D eigenvalue weighted by Gasteiger charge is 2.20. The van der Waals surface area contributed by atoms with Gasteiger partial charge < -0.3 is 10.6 Å². The van der Waals surface area contributed by atoms with Gasteiger partial charge in [0.05, 0.1) is 0 Å². The van der Waals surface area contributed by atoms with Gasteiger partial charge >= 0.3 is 0 Å². The van der Waals surface area contributed by atoms with Crippen molar-refractivity contribution in [3.05, 3.63) is 47.7 Å². The highest BCUT2D eigenvalue weighted by atomic mass is 15.1. The summed E-state index contributed by atoms with van der Waals surface area (Å²) in [5.74, 6) is 1.58. The van der Waals surface area contributed by atoms with Crippen LogP contribution in [-0.2, 0) is 12.8 Å². The van der Waals surface area contributed by atoms with Gasteiger partial charge in [-0.25, -0.2) is 4.98 Å². The Labute approximate surface area is 113 Å². The first kappa shape index (κ1) is 12.0. The molecule has 0 spiro atoms. The third kappa shape index (κ3) is 2.67. The van der Waals surface area contributed by atoms with Crippen LogP contribution in [0.15, 0.2) is 36.5 Å². The zero-order chi connectivity index (χ0) is 13.1. The molecule has 19 heavy (non-hydrogen) atoms. The molecule has 1 aromatic carbocycles. The molecule has 1 aliphatic carbocycles. The fraction of sp³-hybridized carbons (Fsp3) is 0.333. The van der Waals surface area contributed by atoms with Crippen LogP contribution in [0, 0.1) is 0 Å². The van der Waals surface area contributed by atoms with Crippen LogP contribution in [-0.4, -0.2) is 22.6 Å². The van der Waals surface area contributed by atoms with E-state index in [4.69, 9.17) is 0 Å². The number of anilines is 2. The SMILES string of the molecule is CCNc1nccc(NC2Cc3ccccc3C2)n1. The predicted molar refractivity (Wildman–Crippen MR) is 77.5 cm³/mol. The van der Waals surface area contributed by atoms with Gasteiger partial charge in [-0.15, -0.1) is 0 Å². The van der Waals surface area contributed by atoms with E-state index in [2.05, 4.69) is 44.9 Å². The summed E-state index contributed by atoms with van der Waals surface area (Å²) in [5, 5.41) is 6.62. The van der Waals surface area contributed by atoms with Crippen LogP contribution < -0.4 is 10.6 Å². The summed E-state index contributed by atoms with van der Waals surface area (Å²) < 4.78 is 0. The van der Waals surface area contributed by atoms with E-state index >= 15 is 0 Å². The fourth-order valence-electron chi connectivity index (χ4n) is 2.55. The van der Waals surface area contributed by atoms with Gasteiger partial charge in [0.15, 0.2) is 0 Å². The van der Waals surface area contributed by atoms with Gasteiger partial charge in [-0.1, -0.05) is 24.3 Å². The lowest BCUT2D eigenvalue weighted by molar-refractivity contribution is 0.768. The second-order valence-electron chi connectivity index (χ2n) is 4.81. The molecule has 1 aliphatic rings. The summed E-state index contributed by atoms with van der Waals surface area (Å²) in [6, 6.07) is 11.0. The van der Waals surface area contributed by atoms with Crippen molar-refractivity contribution in [1.29, 1.82) is 0 Å². The Hall–Kier alpha value is -2.10. The van der Waals surface area contributed by atoms with Crippen LogP contribution in [0.25, 0.3) is 0 Å². The zero-order valence-electron chi connectivity index (χ0n) is 11.1. The van der Waals surface area contributed by atoms with Crippen molar-refractivity contribution >= 4 is 11.8 Å². The van der Waals surface area contributed by atoms with E-state index in [9.17, 15) is 0 Å². The number of rotatable bonds is 4. The first-order valence-corrected chi connectivity index (χ1v) is 6.75. The fourth-order valence-corrected chi connectivity index (χ4v) is 2.55. The Kier molecular flexibility index (Phi) is 3.31. The van der Waals surface area contributed by atoms with E-state index in [0.717, 1.165) is 25.2 Å². The highest BCUT2D eigenvalue weighted by molar-refractivity contribution is 5.43. The number of hydrogen-bond acceptors (Lipinski definition) is 4. The van der Waals surface area contributed by atoms with Gasteiger partial charge in [0.25, 0.3) is 0 Å². The normalized spacial score (nSPS) is 14.2. The summed E-state index contributed by atoms with van der Waals surface area (Å²) in [6.07, 6.45) is 3.92. The summed E-state index contributed by atoms with van der Waals surface area (Å²) in [5.41, 5.74) is 2.89. The van der Waals surface area contributed by atoms with Gasteiger partial charge in [-0.2, -0.15) is 4.98 Å². The number of nitrogens with zero attached hydrogens (tertiary/aromatic N) is 2. The second kappa shape index (κ2) is 5.26. The molecule has 0 unspecified atom stereocenters. The molecule has 0 radical (unpaired) electrons. The standard InChI is InChI=1S/C15H18N4/c1-2-16-15-17-8-7-14(19-15)18-13-9-11-5-3-4-6-12(11)10-13/h3-8,13H,2,9-10H2,1H3,(H2,16,17,18,19). The van der Waals surface area contributed by atoms with Gasteiger partial charge in [0.1, 0.15) is 5.82 Å². The number of nitrogens with one attached hydrogen (secondary N) is 2. The molecule has 4 heteroatoms. The van der Waals surface area contributed by atoms with Crippen molar-refractivity contribution in [2.24, 2.45) is 0 Å². The van der Waals surface area contributed by atoms with Crippen LogP contribution >= 0.6 is 0 Å². The maximum Gasteiger partial charge on any atom is 0.224 e. The van der Waals surface area contributed by atoms with Crippen LogP contribution in [0.5, 0.6) is 0 Å². The topological polar surface area (TPSA) is 49.8 Å². The zero-order valence-corrected chi connectivity index (χ0v) is 11.1. The third-order valence-electron chi connectivity index (χ3n) is 3.39. The smallest absolute Gasteiger partial charge is 0.224 e. The van der Waals surface area contributed by atoms with Gasteiger partial charge in [0.2, 0.25) is 5.95 Å². The van der Waals surface area contributed by atoms with Crippen LogP contribution in [0.3, 0.4) is 0 Å². The number of benzene rings is 1. The van der Waals surface area contributed by atoms with E-state index in [0.29, 0.717) is 12.0 Å². The Bertz CT molecular complexity index is 543. The molecule has 0 saturated carbocycles. The molecule has 0 bridgehead atoms. The molecule has 0 atom stereocenters. The molecular formula is C15H18N4. The Morgan fingerprint density at radius 1 is 1.16 bits per heavy atom. The molecule has 1 aromatic heterocycles. The van der Waals surface area contributed by atoms with Crippen molar-refractivity contribution in [1.82, 2.24) is 9.97 Å². The van der Waals surface area contributed by atoms with E-state index in [1.807, 2.05) is 13.0 Å². The molecule has 2 aromatic rings. The van der Waals surface area contributed by atoms with E-state index in [1.54, 1.807) is 6.20 Å². The lowest BCUT2D eigenvalue weighted by atomic mass is 10.1. The monoisotopic (exact) mass is 254 g/mol. The van der Waals surface area contributed by atoms with E-state index in [-0.39, 0.29) is 0 Å². The molecule has 0 saturated heterocycles. The van der Waals surface area contributed by atoms with Gasteiger partial charge in [0, 0.05) is 18.8 Å². The van der Waals surface area contributed by atoms with Gasteiger partial charge in [-0.05, 0) is 37.0 Å². The number of aromatic nitrogens is 2. The average molecular weight is 254 g/mol. The van der Waals surface area contributed by atoms with Crippen LogP contribution in [0.4, 0.5) is 11.8 Å². The second-order valence-corrected chi connectivity index (χ2v) is 4.81. The molecule has 1 heterocycles. The molecule has 0 fully saturated rings. The largest absolute Gasteiger partial charge is 0.367 e. The Morgan fingerprint density at radius 2 is 1.89 bits per heavy atom. The lowest BCUT2D eigenvalue weighted by Gasteiger charge is -2.13. The average Bonchev–Trinajstić information content (AvgIpc) is 2.81. The highest BCUT2D eigenvalue weighted by Crippen LogP contribution is 2.23. The summed E-state index contributed by atoms with van der Waals surface area (Å²) in [6.45, 7) is 2.87. The number of fused-ring (bicyclic) bond motifs is 1.